The Morgan fingerprint density at radius 2 is 1.81 bits per heavy atom. The van der Waals surface area contributed by atoms with Crippen molar-refractivity contribution in [3.63, 3.8) is 0 Å². The van der Waals surface area contributed by atoms with E-state index in [1.807, 2.05) is 6.07 Å². The lowest BCUT2D eigenvalue weighted by Crippen LogP contribution is -2.22. The van der Waals surface area contributed by atoms with E-state index in [1.165, 1.54) is 6.26 Å². The van der Waals surface area contributed by atoms with Gasteiger partial charge in [-0.2, -0.15) is 0 Å². The highest BCUT2D eigenvalue weighted by molar-refractivity contribution is 7.91. The van der Waals surface area contributed by atoms with Crippen molar-refractivity contribution >= 4 is 15.6 Å². The molecule has 0 saturated carbocycles. The molecular weight excluding hydrogens is 224 g/mol. The number of Topliss-reactive ketones (excluding diaryl/α,β-unsaturated/α-hetero) is 1. The molecule has 0 saturated heterocycles. The molecule has 0 aliphatic rings. The van der Waals surface area contributed by atoms with E-state index in [-0.39, 0.29) is 12.2 Å². The van der Waals surface area contributed by atoms with Crippen LogP contribution in [0.2, 0.25) is 0 Å². The van der Waals surface area contributed by atoms with Crippen LogP contribution in [-0.2, 0) is 9.84 Å². The summed E-state index contributed by atoms with van der Waals surface area (Å²) in [6, 6.07) is 8.78. The zero-order valence-corrected chi connectivity index (χ0v) is 10.3. The van der Waals surface area contributed by atoms with Crippen LogP contribution in [0.3, 0.4) is 0 Å². The first-order chi connectivity index (χ1) is 7.45. The van der Waals surface area contributed by atoms with Crippen LogP contribution in [0, 0.1) is 0 Å². The van der Waals surface area contributed by atoms with Gasteiger partial charge in [-0.25, -0.2) is 8.42 Å². The van der Waals surface area contributed by atoms with E-state index in [0.717, 1.165) is 0 Å². The molecule has 1 aromatic rings. The second-order valence-electron chi connectivity index (χ2n) is 3.85. The largest absolute Gasteiger partial charge is 0.294 e. The molecule has 1 aromatic carbocycles. The summed E-state index contributed by atoms with van der Waals surface area (Å²) in [6.45, 7) is 1.78. The SMILES string of the molecule is CCC(CC(=O)c1ccccc1)S(C)(=O)=O. The predicted molar refractivity (Wildman–Crippen MR) is 64.3 cm³/mol. The van der Waals surface area contributed by atoms with Gasteiger partial charge in [0.2, 0.25) is 0 Å². The minimum absolute atomic E-state index is 0.0688. The number of carbonyl (C=O) groups excluding carboxylic acids is 1. The number of sulfone groups is 1. The van der Waals surface area contributed by atoms with Gasteiger partial charge in [0, 0.05) is 18.2 Å². The normalized spacial score (nSPS) is 13.4. The van der Waals surface area contributed by atoms with Crippen LogP contribution < -0.4 is 0 Å². The Balaban J connectivity index is 2.79. The van der Waals surface area contributed by atoms with Crippen molar-refractivity contribution in [2.45, 2.75) is 25.0 Å². The van der Waals surface area contributed by atoms with Gasteiger partial charge in [-0.15, -0.1) is 0 Å². The van der Waals surface area contributed by atoms with Crippen molar-refractivity contribution in [3.05, 3.63) is 35.9 Å². The molecule has 0 bridgehead atoms. The van der Waals surface area contributed by atoms with Crippen molar-refractivity contribution in [3.8, 4) is 0 Å². The summed E-state index contributed by atoms with van der Waals surface area (Å²) in [7, 11) is -3.14. The van der Waals surface area contributed by atoms with E-state index in [1.54, 1.807) is 31.2 Å². The first kappa shape index (κ1) is 12.9. The Labute approximate surface area is 96.4 Å². The molecule has 0 fully saturated rings. The van der Waals surface area contributed by atoms with Crippen molar-refractivity contribution in [2.24, 2.45) is 0 Å². The Bertz CT molecular complexity index is 448. The molecule has 0 heterocycles. The van der Waals surface area contributed by atoms with Gasteiger partial charge < -0.3 is 0 Å². The van der Waals surface area contributed by atoms with Crippen molar-refractivity contribution < 1.29 is 13.2 Å². The summed E-state index contributed by atoms with van der Waals surface area (Å²) in [4.78, 5) is 11.8. The molecule has 0 amide bonds. The highest BCUT2D eigenvalue weighted by Gasteiger charge is 2.22. The zero-order chi connectivity index (χ0) is 12.2. The highest BCUT2D eigenvalue weighted by Crippen LogP contribution is 2.13. The summed E-state index contributed by atoms with van der Waals surface area (Å²) >= 11 is 0. The summed E-state index contributed by atoms with van der Waals surface area (Å²) < 4.78 is 22.8. The fourth-order valence-corrected chi connectivity index (χ4v) is 2.61. The minimum Gasteiger partial charge on any atom is -0.294 e. The molecular formula is C12H16O3S. The maximum absolute atomic E-state index is 11.8. The van der Waals surface area contributed by atoms with E-state index >= 15 is 0 Å². The Kier molecular flexibility index (Phi) is 4.24. The number of hydrogen-bond donors (Lipinski definition) is 0. The fraction of sp³-hybridized carbons (Fsp3) is 0.417. The smallest absolute Gasteiger partial charge is 0.164 e. The molecule has 0 aliphatic heterocycles. The van der Waals surface area contributed by atoms with Crippen LogP contribution in [0.4, 0.5) is 0 Å². The summed E-state index contributed by atoms with van der Waals surface area (Å²) in [6.07, 6.45) is 1.72. The average Bonchev–Trinajstić information content (AvgIpc) is 2.25. The number of carbonyl (C=O) groups is 1. The average molecular weight is 240 g/mol. The van der Waals surface area contributed by atoms with E-state index < -0.39 is 15.1 Å². The molecule has 0 aromatic heterocycles. The zero-order valence-electron chi connectivity index (χ0n) is 9.51. The van der Waals surface area contributed by atoms with Crippen LogP contribution in [0.5, 0.6) is 0 Å². The van der Waals surface area contributed by atoms with Crippen molar-refractivity contribution in [1.29, 1.82) is 0 Å². The molecule has 88 valence electrons. The lowest BCUT2D eigenvalue weighted by molar-refractivity contribution is 0.0980. The van der Waals surface area contributed by atoms with Crippen molar-refractivity contribution in [2.75, 3.05) is 6.26 Å². The summed E-state index contributed by atoms with van der Waals surface area (Å²) in [5, 5.41) is -0.569. The van der Waals surface area contributed by atoms with E-state index in [9.17, 15) is 13.2 Å². The van der Waals surface area contributed by atoms with Crippen LogP contribution in [0.15, 0.2) is 30.3 Å². The van der Waals surface area contributed by atoms with Gasteiger partial charge in [0.25, 0.3) is 0 Å². The first-order valence-electron chi connectivity index (χ1n) is 5.22. The standard InChI is InChI=1S/C12H16O3S/c1-3-11(16(2,14)15)9-12(13)10-7-5-4-6-8-10/h4-8,11H,3,9H2,1-2H3. The Hall–Kier alpha value is -1.16. The Morgan fingerprint density at radius 3 is 2.25 bits per heavy atom. The molecule has 1 atom stereocenters. The quantitative estimate of drug-likeness (QED) is 0.740. The first-order valence-corrected chi connectivity index (χ1v) is 7.17. The van der Waals surface area contributed by atoms with Crippen LogP contribution >= 0.6 is 0 Å². The number of ketones is 1. The lowest BCUT2D eigenvalue weighted by atomic mass is 10.1. The maximum atomic E-state index is 11.8. The summed E-state index contributed by atoms with van der Waals surface area (Å²) in [5.41, 5.74) is 0.574. The predicted octanol–water partition coefficient (Wildman–Crippen LogP) is 2.08. The second kappa shape index (κ2) is 5.25. The van der Waals surface area contributed by atoms with Gasteiger partial charge in [0.1, 0.15) is 0 Å². The highest BCUT2D eigenvalue weighted by atomic mass is 32.2. The number of benzene rings is 1. The molecule has 0 aliphatic carbocycles. The third-order valence-corrected chi connectivity index (χ3v) is 4.28. The van der Waals surface area contributed by atoms with Gasteiger partial charge in [0.05, 0.1) is 5.25 Å². The van der Waals surface area contributed by atoms with Crippen LogP contribution in [-0.4, -0.2) is 25.7 Å². The fourth-order valence-electron chi connectivity index (χ4n) is 1.55. The second-order valence-corrected chi connectivity index (χ2v) is 6.18. The van der Waals surface area contributed by atoms with Gasteiger partial charge in [-0.05, 0) is 6.42 Å². The molecule has 0 radical (unpaired) electrons. The molecule has 16 heavy (non-hydrogen) atoms. The van der Waals surface area contributed by atoms with Gasteiger partial charge in [0.15, 0.2) is 15.6 Å². The number of hydrogen-bond acceptors (Lipinski definition) is 3. The van der Waals surface area contributed by atoms with Gasteiger partial charge in [-0.3, -0.25) is 4.79 Å². The van der Waals surface area contributed by atoms with Gasteiger partial charge in [-0.1, -0.05) is 37.3 Å². The Morgan fingerprint density at radius 1 is 1.25 bits per heavy atom. The van der Waals surface area contributed by atoms with E-state index in [4.69, 9.17) is 0 Å². The molecule has 1 rings (SSSR count). The van der Waals surface area contributed by atoms with Crippen molar-refractivity contribution in [1.82, 2.24) is 0 Å². The lowest BCUT2D eigenvalue weighted by Gasteiger charge is -2.11. The van der Waals surface area contributed by atoms with Gasteiger partial charge >= 0.3 is 0 Å². The monoisotopic (exact) mass is 240 g/mol. The number of rotatable bonds is 5. The van der Waals surface area contributed by atoms with E-state index in [0.29, 0.717) is 12.0 Å². The topological polar surface area (TPSA) is 51.2 Å². The summed E-state index contributed by atoms with van der Waals surface area (Å²) in [5.74, 6) is -0.113. The molecule has 4 heteroatoms. The maximum Gasteiger partial charge on any atom is 0.164 e. The third-order valence-electron chi connectivity index (χ3n) is 2.57. The minimum atomic E-state index is -3.14. The van der Waals surface area contributed by atoms with Crippen LogP contribution in [0.25, 0.3) is 0 Å². The molecule has 0 N–H and O–H groups in total. The molecule has 1 unspecified atom stereocenters. The van der Waals surface area contributed by atoms with Crippen LogP contribution in [0.1, 0.15) is 30.1 Å². The van der Waals surface area contributed by atoms with E-state index in [2.05, 4.69) is 0 Å². The molecule has 0 spiro atoms. The third kappa shape index (κ3) is 3.45. The molecule has 3 nitrogen and oxygen atoms in total.